The minimum absolute atomic E-state index is 0.0165. The Balaban J connectivity index is 1.74. The highest BCUT2D eigenvalue weighted by molar-refractivity contribution is 7.81. The molecule has 0 aromatic heterocycles. The fraction of sp³-hybridized carbons (Fsp3) is 0.250. The van der Waals surface area contributed by atoms with Gasteiger partial charge in [0, 0.05) is 29.5 Å². The van der Waals surface area contributed by atoms with Crippen molar-refractivity contribution in [2.24, 2.45) is 5.73 Å². The molecule has 0 bridgehead atoms. The Hall–Kier alpha value is -4.39. The van der Waals surface area contributed by atoms with Crippen molar-refractivity contribution in [1.29, 1.82) is 0 Å². The van der Waals surface area contributed by atoms with E-state index in [-0.39, 0.29) is 53.9 Å². The Kier molecular flexibility index (Phi) is 8.85. The molecule has 2 unspecified atom stereocenters. The van der Waals surface area contributed by atoms with E-state index in [2.05, 4.69) is 24.5 Å². The molecule has 3 N–H and O–H groups in total. The molecular weight excluding hydrogens is 504 g/mol. The van der Waals surface area contributed by atoms with Gasteiger partial charge in [0.25, 0.3) is 5.69 Å². The number of amides is 3. The summed E-state index contributed by atoms with van der Waals surface area (Å²) in [5.41, 5.74) is 5.77. The standard InChI is InChI=1S/C24H24N4O8S/c1-2-9-35-23(31)18-8-5-15(21(25)29)10-19(18)26-22(30)20-11-17(37)12-27(20)24(32)36-13-14-3-6-16(7-4-14)28(33)34/h2-8,10,17,20,37H,1,9,11-13H2,(H2,25,29)(H,26,30). The summed E-state index contributed by atoms with van der Waals surface area (Å²) in [6.45, 7) is 3.36. The molecule has 1 heterocycles. The molecule has 37 heavy (non-hydrogen) atoms. The lowest BCUT2D eigenvalue weighted by Crippen LogP contribution is -2.43. The van der Waals surface area contributed by atoms with Gasteiger partial charge in [-0.05, 0) is 42.3 Å². The van der Waals surface area contributed by atoms with Crippen LogP contribution < -0.4 is 11.1 Å². The number of nitrogens with one attached hydrogen (secondary N) is 1. The van der Waals surface area contributed by atoms with E-state index >= 15 is 0 Å². The first-order chi connectivity index (χ1) is 17.6. The number of hydrogen-bond donors (Lipinski definition) is 3. The average Bonchev–Trinajstić information content (AvgIpc) is 3.27. The van der Waals surface area contributed by atoms with Gasteiger partial charge in [-0.3, -0.25) is 24.6 Å². The lowest BCUT2D eigenvalue weighted by Gasteiger charge is -2.23. The first-order valence-electron chi connectivity index (χ1n) is 11.0. The predicted molar refractivity (Wildman–Crippen MR) is 135 cm³/mol. The summed E-state index contributed by atoms with van der Waals surface area (Å²) >= 11 is 4.39. The molecule has 13 heteroatoms. The number of ether oxygens (including phenoxy) is 2. The van der Waals surface area contributed by atoms with Crippen LogP contribution in [0, 0.1) is 10.1 Å². The van der Waals surface area contributed by atoms with Crippen LogP contribution in [0.4, 0.5) is 16.2 Å². The summed E-state index contributed by atoms with van der Waals surface area (Å²) < 4.78 is 10.3. The maximum Gasteiger partial charge on any atom is 0.410 e. The maximum absolute atomic E-state index is 13.2. The molecule has 0 spiro atoms. The zero-order valence-electron chi connectivity index (χ0n) is 19.5. The molecular formula is C24H24N4O8S. The second-order valence-corrected chi connectivity index (χ2v) is 8.77. The van der Waals surface area contributed by atoms with Crippen molar-refractivity contribution in [2.45, 2.75) is 24.3 Å². The van der Waals surface area contributed by atoms with Crippen LogP contribution in [0.2, 0.25) is 0 Å². The Labute approximate surface area is 217 Å². The molecule has 1 aliphatic heterocycles. The fourth-order valence-electron chi connectivity index (χ4n) is 3.61. The normalized spacial score (nSPS) is 16.5. The Bertz CT molecular complexity index is 1230. The lowest BCUT2D eigenvalue weighted by atomic mass is 10.1. The second kappa shape index (κ2) is 12.0. The van der Waals surface area contributed by atoms with Crippen LogP contribution in [-0.2, 0) is 20.9 Å². The largest absolute Gasteiger partial charge is 0.458 e. The number of primary amides is 1. The van der Waals surface area contributed by atoms with E-state index in [1.165, 1.54) is 53.4 Å². The van der Waals surface area contributed by atoms with Gasteiger partial charge >= 0.3 is 12.1 Å². The third-order valence-corrected chi connectivity index (χ3v) is 5.81. The van der Waals surface area contributed by atoms with E-state index in [9.17, 15) is 29.3 Å². The zero-order valence-corrected chi connectivity index (χ0v) is 20.4. The van der Waals surface area contributed by atoms with Gasteiger partial charge < -0.3 is 20.5 Å². The molecule has 3 rings (SSSR count). The van der Waals surface area contributed by atoms with Gasteiger partial charge in [-0.2, -0.15) is 12.6 Å². The van der Waals surface area contributed by atoms with Crippen molar-refractivity contribution >= 4 is 47.9 Å². The maximum atomic E-state index is 13.2. The van der Waals surface area contributed by atoms with Crippen LogP contribution in [0.3, 0.4) is 0 Å². The monoisotopic (exact) mass is 528 g/mol. The smallest absolute Gasteiger partial charge is 0.410 e. The number of benzene rings is 2. The van der Waals surface area contributed by atoms with Crippen molar-refractivity contribution in [3.8, 4) is 0 Å². The third kappa shape index (κ3) is 6.85. The van der Waals surface area contributed by atoms with E-state index in [1.54, 1.807) is 0 Å². The van der Waals surface area contributed by atoms with Crippen molar-refractivity contribution in [3.05, 3.63) is 81.9 Å². The molecule has 1 aliphatic rings. The highest BCUT2D eigenvalue weighted by Gasteiger charge is 2.39. The number of likely N-dealkylation sites (tertiary alicyclic amines) is 1. The van der Waals surface area contributed by atoms with Crippen LogP contribution in [-0.4, -0.2) is 58.1 Å². The van der Waals surface area contributed by atoms with Crippen molar-refractivity contribution in [1.82, 2.24) is 4.90 Å². The highest BCUT2D eigenvalue weighted by Crippen LogP contribution is 2.26. The van der Waals surface area contributed by atoms with Gasteiger partial charge in [0.05, 0.1) is 16.2 Å². The number of hydrogen-bond acceptors (Lipinski definition) is 9. The van der Waals surface area contributed by atoms with E-state index in [0.717, 1.165) is 0 Å². The molecule has 0 saturated carbocycles. The molecule has 0 radical (unpaired) electrons. The number of thiol groups is 1. The first-order valence-corrected chi connectivity index (χ1v) is 11.5. The fourth-order valence-corrected chi connectivity index (χ4v) is 3.99. The summed E-state index contributed by atoms with van der Waals surface area (Å²) in [5.74, 6) is -2.17. The number of rotatable bonds is 9. The van der Waals surface area contributed by atoms with Crippen molar-refractivity contribution in [2.75, 3.05) is 18.5 Å². The topological polar surface area (TPSA) is 171 Å². The van der Waals surface area contributed by atoms with Crippen LogP contribution in [0.15, 0.2) is 55.1 Å². The molecule has 2 aromatic carbocycles. The molecule has 3 amide bonds. The van der Waals surface area contributed by atoms with Crippen molar-refractivity contribution < 1.29 is 33.6 Å². The number of nitrogens with zero attached hydrogens (tertiary/aromatic N) is 2. The molecule has 1 fully saturated rings. The van der Waals surface area contributed by atoms with Crippen LogP contribution in [0.5, 0.6) is 0 Å². The van der Waals surface area contributed by atoms with E-state index in [0.29, 0.717) is 5.56 Å². The van der Waals surface area contributed by atoms with Gasteiger partial charge in [0.2, 0.25) is 11.8 Å². The number of carbonyl (C=O) groups excluding carboxylic acids is 4. The number of anilines is 1. The zero-order chi connectivity index (χ0) is 27.1. The predicted octanol–water partition coefficient (Wildman–Crippen LogP) is 2.68. The van der Waals surface area contributed by atoms with Crippen LogP contribution >= 0.6 is 12.6 Å². The summed E-state index contributed by atoms with van der Waals surface area (Å²) in [6, 6.07) is 8.38. The number of nitro benzene ring substituents is 1. The Morgan fingerprint density at radius 2 is 1.89 bits per heavy atom. The highest BCUT2D eigenvalue weighted by atomic mass is 32.1. The summed E-state index contributed by atoms with van der Waals surface area (Å²) in [7, 11) is 0. The van der Waals surface area contributed by atoms with E-state index in [4.69, 9.17) is 15.2 Å². The summed E-state index contributed by atoms with van der Waals surface area (Å²) in [4.78, 5) is 61.5. The van der Waals surface area contributed by atoms with Gasteiger partial charge in [0.15, 0.2) is 0 Å². The average molecular weight is 529 g/mol. The summed E-state index contributed by atoms with van der Waals surface area (Å²) in [5, 5.41) is 13.0. The van der Waals surface area contributed by atoms with Gasteiger partial charge in [0.1, 0.15) is 19.3 Å². The van der Waals surface area contributed by atoms with E-state index in [1.807, 2.05) is 0 Å². The lowest BCUT2D eigenvalue weighted by molar-refractivity contribution is -0.384. The second-order valence-electron chi connectivity index (χ2n) is 8.04. The van der Waals surface area contributed by atoms with Gasteiger partial charge in [-0.25, -0.2) is 9.59 Å². The number of esters is 1. The Morgan fingerprint density at radius 1 is 1.19 bits per heavy atom. The van der Waals surface area contributed by atoms with Gasteiger partial charge in [-0.15, -0.1) is 0 Å². The molecule has 2 aromatic rings. The molecule has 12 nitrogen and oxygen atoms in total. The van der Waals surface area contributed by atoms with E-state index < -0.39 is 34.8 Å². The SMILES string of the molecule is C=CCOC(=O)c1ccc(C(N)=O)cc1NC(=O)C1CC(S)CN1C(=O)OCc1ccc([N+](=O)[O-])cc1. The van der Waals surface area contributed by atoms with Gasteiger partial charge in [-0.1, -0.05) is 12.7 Å². The minimum Gasteiger partial charge on any atom is -0.458 e. The van der Waals surface area contributed by atoms with Crippen LogP contribution in [0.1, 0.15) is 32.7 Å². The molecule has 2 atom stereocenters. The molecule has 1 saturated heterocycles. The quantitative estimate of drug-likeness (QED) is 0.147. The number of carbonyl (C=O) groups is 4. The van der Waals surface area contributed by atoms with Crippen LogP contribution in [0.25, 0.3) is 0 Å². The number of non-ortho nitro benzene ring substituents is 1. The third-order valence-electron chi connectivity index (χ3n) is 5.44. The minimum atomic E-state index is -0.985. The van der Waals surface area contributed by atoms with Crippen molar-refractivity contribution in [3.63, 3.8) is 0 Å². The number of nitrogens with two attached hydrogens (primary N) is 1. The Morgan fingerprint density at radius 3 is 2.51 bits per heavy atom. The first kappa shape index (κ1) is 27.2. The molecule has 0 aliphatic carbocycles. The molecule has 194 valence electrons. The number of nitro groups is 1. The summed E-state index contributed by atoms with van der Waals surface area (Å²) in [6.07, 6.45) is 0.791.